The molecule has 1 atom stereocenters. The molecule has 2 aromatic carbocycles. The van der Waals surface area contributed by atoms with Crippen LogP contribution in [0.3, 0.4) is 0 Å². The number of hydrogen-bond donors (Lipinski definition) is 0. The predicted molar refractivity (Wildman–Crippen MR) is 130 cm³/mol. The van der Waals surface area contributed by atoms with Crippen molar-refractivity contribution in [3.8, 4) is 11.3 Å². The summed E-state index contributed by atoms with van der Waals surface area (Å²) in [4.78, 5) is 17.6. The van der Waals surface area contributed by atoms with E-state index in [9.17, 15) is 9.18 Å². The molecule has 35 heavy (non-hydrogen) atoms. The zero-order valence-corrected chi connectivity index (χ0v) is 19.9. The minimum Gasteiger partial charge on any atom is -0.378 e. The molecular formula is C27H30FN3O4. The van der Waals surface area contributed by atoms with Crippen LogP contribution in [0.5, 0.6) is 0 Å². The van der Waals surface area contributed by atoms with Gasteiger partial charge in [-0.1, -0.05) is 22.9 Å². The summed E-state index contributed by atoms with van der Waals surface area (Å²) in [6.45, 7) is 6.01. The lowest BCUT2D eigenvalue weighted by atomic mass is 10.0. The van der Waals surface area contributed by atoms with Crippen LogP contribution in [-0.4, -0.2) is 61.5 Å². The fraction of sp³-hybridized carbons (Fsp3) is 0.407. The van der Waals surface area contributed by atoms with Gasteiger partial charge in [-0.25, -0.2) is 4.39 Å². The van der Waals surface area contributed by atoms with Crippen molar-refractivity contribution in [1.29, 1.82) is 0 Å². The van der Waals surface area contributed by atoms with E-state index in [4.69, 9.17) is 14.0 Å². The summed E-state index contributed by atoms with van der Waals surface area (Å²) in [7, 11) is 0. The zero-order valence-electron chi connectivity index (χ0n) is 19.9. The highest BCUT2D eigenvalue weighted by Gasteiger charge is 2.30. The first-order valence-electron chi connectivity index (χ1n) is 12.1. The molecular weight excluding hydrogens is 449 g/mol. The number of aryl methyl sites for hydroxylation is 1. The van der Waals surface area contributed by atoms with Crippen LogP contribution in [0.2, 0.25) is 0 Å². The predicted octanol–water partition coefficient (Wildman–Crippen LogP) is 4.45. The average Bonchev–Trinajstić information content (AvgIpc) is 3.55. The lowest BCUT2D eigenvalue weighted by Gasteiger charge is -2.29. The molecule has 0 spiro atoms. The van der Waals surface area contributed by atoms with Crippen molar-refractivity contribution < 1.29 is 23.2 Å². The second-order valence-corrected chi connectivity index (χ2v) is 9.11. The first-order chi connectivity index (χ1) is 17.1. The number of morpholine rings is 1. The van der Waals surface area contributed by atoms with Crippen molar-refractivity contribution in [3.05, 3.63) is 71.0 Å². The second kappa shape index (κ2) is 10.6. The van der Waals surface area contributed by atoms with Crippen molar-refractivity contribution in [3.63, 3.8) is 0 Å². The summed E-state index contributed by atoms with van der Waals surface area (Å²) in [6.07, 6.45) is 1.90. The Morgan fingerprint density at radius 1 is 1.09 bits per heavy atom. The first kappa shape index (κ1) is 23.5. The summed E-state index contributed by atoms with van der Waals surface area (Å²) in [5.41, 5.74) is 3.88. The molecule has 0 N–H and O–H groups in total. The number of nitrogens with zero attached hydrogens (tertiary/aromatic N) is 3. The molecule has 0 radical (unpaired) electrons. The molecule has 0 saturated carbocycles. The molecule has 5 rings (SSSR count). The SMILES string of the molecule is Cc1ccc(C(=O)N(Cc2c(-c3ccc(F)cc3)noc2N2CCOCC2)CC2CCCO2)cc1. The second-order valence-electron chi connectivity index (χ2n) is 9.11. The van der Waals surface area contributed by atoms with Crippen LogP contribution < -0.4 is 4.90 Å². The van der Waals surface area contributed by atoms with Gasteiger partial charge in [0.1, 0.15) is 11.5 Å². The van der Waals surface area contributed by atoms with Gasteiger partial charge in [0.25, 0.3) is 5.91 Å². The Morgan fingerprint density at radius 3 is 2.51 bits per heavy atom. The van der Waals surface area contributed by atoms with E-state index in [0.29, 0.717) is 63.1 Å². The zero-order chi connectivity index (χ0) is 24.2. The third-order valence-corrected chi connectivity index (χ3v) is 6.57. The Kier molecular flexibility index (Phi) is 7.11. The molecule has 184 valence electrons. The van der Waals surface area contributed by atoms with E-state index in [-0.39, 0.29) is 17.8 Å². The maximum absolute atomic E-state index is 13.7. The molecule has 2 saturated heterocycles. The first-order valence-corrected chi connectivity index (χ1v) is 12.1. The molecule has 3 aromatic rings. The van der Waals surface area contributed by atoms with Crippen molar-refractivity contribution in [2.75, 3.05) is 44.4 Å². The number of halogens is 1. The molecule has 1 unspecified atom stereocenters. The lowest BCUT2D eigenvalue weighted by Crippen LogP contribution is -2.39. The van der Waals surface area contributed by atoms with Gasteiger partial charge in [0.15, 0.2) is 0 Å². The number of hydrogen-bond acceptors (Lipinski definition) is 6. The Balaban J connectivity index is 1.52. The van der Waals surface area contributed by atoms with Crippen LogP contribution in [0.1, 0.15) is 34.3 Å². The topological polar surface area (TPSA) is 68.0 Å². The van der Waals surface area contributed by atoms with Crippen LogP contribution in [0.25, 0.3) is 11.3 Å². The number of ether oxygens (including phenoxy) is 2. The average molecular weight is 480 g/mol. The fourth-order valence-corrected chi connectivity index (χ4v) is 4.62. The normalized spacial score (nSPS) is 18.1. The standard InChI is InChI=1S/C27H30FN3O4/c1-19-4-6-21(7-5-19)26(32)31(17-23-3-2-14-34-23)18-24-25(20-8-10-22(28)11-9-20)29-35-27(24)30-12-15-33-16-13-30/h4-11,23H,2-3,12-18H2,1H3. The Hall–Kier alpha value is -3.23. The van der Waals surface area contributed by atoms with Crippen molar-refractivity contribution >= 4 is 11.8 Å². The van der Waals surface area contributed by atoms with E-state index in [1.165, 1.54) is 12.1 Å². The largest absolute Gasteiger partial charge is 0.378 e. The van der Waals surface area contributed by atoms with E-state index in [1.54, 1.807) is 12.1 Å². The van der Waals surface area contributed by atoms with Gasteiger partial charge in [0.2, 0.25) is 5.88 Å². The van der Waals surface area contributed by atoms with E-state index in [2.05, 4.69) is 10.1 Å². The third-order valence-electron chi connectivity index (χ3n) is 6.57. The number of carbonyl (C=O) groups is 1. The quantitative estimate of drug-likeness (QED) is 0.499. The van der Waals surface area contributed by atoms with Gasteiger partial charge in [-0.15, -0.1) is 0 Å². The molecule has 0 bridgehead atoms. The summed E-state index contributed by atoms with van der Waals surface area (Å²) in [6, 6.07) is 13.8. The summed E-state index contributed by atoms with van der Waals surface area (Å²) in [5, 5.41) is 4.37. The van der Waals surface area contributed by atoms with Crippen LogP contribution in [-0.2, 0) is 16.0 Å². The highest BCUT2D eigenvalue weighted by Crippen LogP contribution is 2.34. The van der Waals surface area contributed by atoms with Gasteiger partial charge in [0.05, 0.1) is 31.4 Å². The number of anilines is 1. The molecule has 2 aliphatic heterocycles. The van der Waals surface area contributed by atoms with Gasteiger partial charge in [-0.3, -0.25) is 4.79 Å². The van der Waals surface area contributed by atoms with E-state index < -0.39 is 0 Å². The van der Waals surface area contributed by atoms with Crippen LogP contribution >= 0.6 is 0 Å². The lowest BCUT2D eigenvalue weighted by molar-refractivity contribution is 0.0507. The highest BCUT2D eigenvalue weighted by atomic mass is 19.1. The molecule has 7 nitrogen and oxygen atoms in total. The maximum atomic E-state index is 13.7. The summed E-state index contributed by atoms with van der Waals surface area (Å²) >= 11 is 0. The van der Waals surface area contributed by atoms with Gasteiger partial charge >= 0.3 is 0 Å². The molecule has 0 aliphatic carbocycles. The maximum Gasteiger partial charge on any atom is 0.254 e. The van der Waals surface area contributed by atoms with E-state index in [1.807, 2.05) is 36.1 Å². The Bertz CT molecular complexity index is 1130. The number of carbonyl (C=O) groups excluding carboxylic acids is 1. The van der Waals surface area contributed by atoms with Crippen molar-refractivity contribution in [2.24, 2.45) is 0 Å². The molecule has 1 aromatic heterocycles. The fourth-order valence-electron chi connectivity index (χ4n) is 4.62. The van der Waals surface area contributed by atoms with Gasteiger partial charge in [-0.2, -0.15) is 0 Å². The van der Waals surface area contributed by atoms with Gasteiger partial charge in [0, 0.05) is 37.4 Å². The summed E-state index contributed by atoms with van der Waals surface area (Å²) < 4.78 is 30.9. The third kappa shape index (κ3) is 5.39. The van der Waals surface area contributed by atoms with Gasteiger partial charge in [-0.05, 0) is 56.2 Å². The van der Waals surface area contributed by atoms with Gasteiger partial charge < -0.3 is 23.8 Å². The number of aromatic nitrogens is 1. The molecule has 8 heteroatoms. The minimum absolute atomic E-state index is 0.00892. The van der Waals surface area contributed by atoms with Crippen LogP contribution in [0, 0.1) is 12.7 Å². The van der Waals surface area contributed by atoms with Crippen LogP contribution in [0.15, 0.2) is 53.1 Å². The smallest absolute Gasteiger partial charge is 0.254 e. The monoisotopic (exact) mass is 479 g/mol. The van der Waals surface area contributed by atoms with Crippen molar-refractivity contribution in [1.82, 2.24) is 10.1 Å². The number of benzene rings is 2. The summed E-state index contributed by atoms with van der Waals surface area (Å²) in [5.74, 6) is 0.239. The molecule has 2 aliphatic rings. The molecule has 2 fully saturated rings. The molecule has 3 heterocycles. The van der Waals surface area contributed by atoms with E-state index in [0.717, 1.165) is 29.5 Å². The molecule has 1 amide bonds. The minimum atomic E-state index is -0.318. The Morgan fingerprint density at radius 2 is 1.83 bits per heavy atom. The van der Waals surface area contributed by atoms with Crippen molar-refractivity contribution in [2.45, 2.75) is 32.4 Å². The number of amides is 1. The van der Waals surface area contributed by atoms with Crippen LogP contribution in [0.4, 0.5) is 10.3 Å². The number of rotatable bonds is 7. The Labute approximate surface area is 204 Å². The highest BCUT2D eigenvalue weighted by molar-refractivity contribution is 5.94. The van der Waals surface area contributed by atoms with E-state index >= 15 is 0 Å².